The number of anilines is 1. The van der Waals surface area contributed by atoms with Crippen LogP contribution >= 0.6 is 23.6 Å². The van der Waals surface area contributed by atoms with E-state index in [1.807, 2.05) is 56.3 Å². The second-order valence-corrected chi connectivity index (χ2v) is 6.55. The minimum absolute atomic E-state index is 0.453. The molecule has 0 bridgehead atoms. The Morgan fingerprint density at radius 2 is 1.87 bits per heavy atom. The Morgan fingerprint density at radius 1 is 1.13 bits per heavy atom. The first-order chi connectivity index (χ1) is 11.1. The van der Waals surface area contributed by atoms with Crippen LogP contribution in [0.4, 0.5) is 5.69 Å². The zero-order valence-electron chi connectivity index (χ0n) is 12.8. The third-order valence-corrected chi connectivity index (χ3v) is 4.58. The quantitative estimate of drug-likeness (QED) is 0.424. The van der Waals surface area contributed by atoms with Crippen LogP contribution in [0.1, 0.15) is 17.5 Å². The molecule has 3 rings (SSSR count). The highest BCUT2D eigenvalue weighted by molar-refractivity contribution is 7.80. The van der Waals surface area contributed by atoms with Gasteiger partial charge in [0.1, 0.15) is 5.01 Å². The fourth-order valence-corrected chi connectivity index (χ4v) is 3.08. The number of hydrogen-bond donors (Lipinski definition) is 2. The molecule has 0 aliphatic rings. The van der Waals surface area contributed by atoms with E-state index in [0.717, 1.165) is 26.6 Å². The third-order valence-electron chi connectivity index (χ3n) is 3.24. The van der Waals surface area contributed by atoms with Crippen LogP contribution in [-0.4, -0.2) is 15.8 Å². The number of thiocarbonyl (C=S) groups is 1. The van der Waals surface area contributed by atoms with Gasteiger partial charge >= 0.3 is 0 Å². The molecule has 0 spiro atoms. The number of thiazole rings is 1. The molecule has 1 aromatic heterocycles. The lowest BCUT2D eigenvalue weighted by Gasteiger charge is -2.07. The molecular formula is C17H16N4S2. The van der Waals surface area contributed by atoms with Crippen LogP contribution in [0.5, 0.6) is 0 Å². The molecule has 0 aliphatic carbocycles. The second-order valence-electron chi connectivity index (χ2n) is 5.12. The number of para-hydroxylation sites is 1. The number of aryl methyl sites for hydroxylation is 1. The maximum absolute atomic E-state index is 5.26. The first kappa shape index (κ1) is 15.6. The summed E-state index contributed by atoms with van der Waals surface area (Å²) in [5.41, 5.74) is 6.80. The minimum Gasteiger partial charge on any atom is -0.331 e. The standard InChI is InChI=1S/C17H16N4S2/c1-11-7-9-13(10-8-11)18-17(22)21-20-12(2)16-19-14-5-3-4-6-15(14)23-16/h3-10H,1-2H3,(H2,18,21,22)/b20-12-. The van der Waals surface area contributed by atoms with Crippen LogP contribution < -0.4 is 10.7 Å². The van der Waals surface area contributed by atoms with Crippen LogP contribution in [0.15, 0.2) is 53.6 Å². The van der Waals surface area contributed by atoms with Crippen molar-refractivity contribution in [3.05, 3.63) is 59.1 Å². The number of rotatable bonds is 3. The minimum atomic E-state index is 0.453. The molecule has 4 nitrogen and oxygen atoms in total. The van der Waals surface area contributed by atoms with Gasteiger partial charge in [0.25, 0.3) is 0 Å². The molecule has 0 atom stereocenters. The summed E-state index contributed by atoms with van der Waals surface area (Å²) in [6.45, 7) is 3.96. The van der Waals surface area contributed by atoms with Crippen LogP contribution in [0, 0.1) is 6.92 Å². The molecular weight excluding hydrogens is 324 g/mol. The summed E-state index contributed by atoms with van der Waals surface area (Å²) in [5.74, 6) is 0. The molecule has 23 heavy (non-hydrogen) atoms. The van der Waals surface area contributed by atoms with Gasteiger partial charge in [-0.05, 0) is 50.3 Å². The van der Waals surface area contributed by atoms with Gasteiger partial charge in [-0.15, -0.1) is 11.3 Å². The molecule has 2 N–H and O–H groups in total. The molecule has 0 aliphatic heterocycles. The number of nitrogens with one attached hydrogen (secondary N) is 2. The average molecular weight is 340 g/mol. The van der Waals surface area contributed by atoms with Crippen molar-refractivity contribution >= 4 is 50.3 Å². The van der Waals surface area contributed by atoms with Crippen molar-refractivity contribution in [2.75, 3.05) is 5.32 Å². The number of nitrogens with zero attached hydrogens (tertiary/aromatic N) is 2. The Labute approximate surface area is 144 Å². The van der Waals surface area contributed by atoms with Crippen molar-refractivity contribution in [3.63, 3.8) is 0 Å². The van der Waals surface area contributed by atoms with Crippen molar-refractivity contribution in [1.82, 2.24) is 10.4 Å². The molecule has 0 fully saturated rings. The lowest BCUT2D eigenvalue weighted by Crippen LogP contribution is -2.24. The first-order valence-electron chi connectivity index (χ1n) is 7.16. The summed E-state index contributed by atoms with van der Waals surface area (Å²) in [6.07, 6.45) is 0. The highest BCUT2D eigenvalue weighted by Gasteiger charge is 2.06. The lowest BCUT2D eigenvalue weighted by molar-refractivity contribution is 1.04. The monoisotopic (exact) mass is 340 g/mol. The summed E-state index contributed by atoms with van der Waals surface area (Å²) >= 11 is 6.87. The predicted molar refractivity (Wildman–Crippen MR) is 102 cm³/mol. The van der Waals surface area contributed by atoms with E-state index in [0.29, 0.717) is 5.11 Å². The molecule has 116 valence electrons. The molecule has 2 aromatic carbocycles. The van der Waals surface area contributed by atoms with E-state index in [1.165, 1.54) is 5.56 Å². The predicted octanol–water partition coefficient (Wildman–Crippen LogP) is 4.32. The van der Waals surface area contributed by atoms with Crippen LogP contribution in [0.2, 0.25) is 0 Å². The Bertz CT molecular complexity index is 833. The summed E-state index contributed by atoms with van der Waals surface area (Å²) in [4.78, 5) is 4.57. The van der Waals surface area contributed by atoms with Crippen molar-refractivity contribution in [3.8, 4) is 0 Å². The largest absolute Gasteiger partial charge is 0.331 e. The molecule has 0 amide bonds. The number of hydrazone groups is 1. The van der Waals surface area contributed by atoms with E-state index < -0.39 is 0 Å². The van der Waals surface area contributed by atoms with E-state index in [-0.39, 0.29) is 0 Å². The van der Waals surface area contributed by atoms with Gasteiger partial charge in [-0.25, -0.2) is 4.98 Å². The Kier molecular flexibility index (Phi) is 4.64. The third kappa shape index (κ3) is 3.91. The first-order valence-corrected chi connectivity index (χ1v) is 8.38. The number of benzene rings is 2. The van der Waals surface area contributed by atoms with Crippen molar-refractivity contribution in [2.24, 2.45) is 5.10 Å². The zero-order chi connectivity index (χ0) is 16.2. The van der Waals surface area contributed by atoms with E-state index in [1.54, 1.807) is 11.3 Å². The molecule has 0 saturated heterocycles. The second kappa shape index (κ2) is 6.85. The summed E-state index contributed by atoms with van der Waals surface area (Å²) in [5, 5.41) is 8.75. The summed E-state index contributed by atoms with van der Waals surface area (Å²) in [6, 6.07) is 16.1. The van der Waals surface area contributed by atoms with Crippen molar-refractivity contribution < 1.29 is 0 Å². The van der Waals surface area contributed by atoms with E-state index >= 15 is 0 Å². The van der Waals surface area contributed by atoms with Gasteiger partial charge in [0.15, 0.2) is 5.11 Å². The van der Waals surface area contributed by atoms with Gasteiger partial charge in [-0.2, -0.15) is 5.10 Å². The molecule has 6 heteroatoms. The van der Waals surface area contributed by atoms with Gasteiger partial charge in [-0.1, -0.05) is 29.8 Å². The lowest BCUT2D eigenvalue weighted by atomic mass is 10.2. The molecule has 0 radical (unpaired) electrons. The number of aromatic nitrogens is 1. The smallest absolute Gasteiger partial charge is 0.191 e. The van der Waals surface area contributed by atoms with Crippen LogP contribution in [-0.2, 0) is 0 Å². The number of fused-ring (bicyclic) bond motifs is 1. The summed E-state index contributed by atoms with van der Waals surface area (Å²) in [7, 11) is 0. The normalized spacial score (nSPS) is 11.5. The highest BCUT2D eigenvalue weighted by atomic mass is 32.1. The SMILES string of the molecule is C/C(=N/NC(=S)Nc1ccc(C)cc1)c1nc2ccccc2s1. The number of hydrogen-bond acceptors (Lipinski definition) is 4. The molecule has 3 aromatic rings. The maximum atomic E-state index is 5.26. The van der Waals surface area contributed by atoms with Gasteiger partial charge in [0.2, 0.25) is 0 Å². The Balaban J connectivity index is 1.66. The Hall–Kier alpha value is -2.31. The van der Waals surface area contributed by atoms with Gasteiger partial charge in [0.05, 0.1) is 15.9 Å². The molecule has 0 saturated carbocycles. The van der Waals surface area contributed by atoms with Gasteiger partial charge in [0, 0.05) is 5.69 Å². The molecule has 0 unspecified atom stereocenters. The molecule has 1 heterocycles. The average Bonchev–Trinajstić information content (AvgIpc) is 2.99. The van der Waals surface area contributed by atoms with Crippen molar-refractivity contribution in [1.29, 1.82) is 0 Å². The fourth-order valence-electron chi connectivity index (χ4n) is 2.01. The fraction of sp³-hybridized carbons (Fsp3) is 0.118. The maximum Gasteiger partial charge on any atom is 0.191 e. The van der Waals surface area contributed by atoms with E-state index in [4.69, 9.17) is 12.2 Å². The van der Waals surface area contributed by atoms with Crippen molar-refractivity contribution in [2.45, 2.75) is 13.8 Å². The van der Waals surface area contributed by atoms with Crippen LogP contribution in [0.3, 0.4) is 0 Å². The van der Waals surface area contributed by atoms with Crippen LogP contribution in [0.25, 0.3) is 10.2 Å². The zero-order valence-corrected chi connectivity index (χ0v) is 14.5. The Morgan fingerprint density at radius 3 is 2.61 bits per heavy atom. The topological polar surface area (TPSA) is 49.3 Å². The summed E-state index contributed by atoms with van der Waals surface area (Å²) < 4.78 is 1.15. The van der Waals surface area contributed by atoms with E-state index in [9.17, 15) is 0 Å². The van der Waals surface area contributed by atoms with Gasteiger partial charge in [-0.3, -0.25) is 5.43 Å². The van der Waals surface area contributed by atoms with Gasteiger partial charge < -0.3 is 5.32 Å². The van der Waals surface area contributed by atoms with E-state index in [2.05, 4.69) is 26.9 Å². The highest BCUT2D eigenvalue weighted by Crippen LogP contribution is 2.21.